The van der Waals surface area contributed by atoms with Crippen LogP contribution in [-0.2, 0) is 9.53 Å². The lowest BCUT2D eigenvalue weighted by molar-refractivity contribution is -0.577. The zero-order chi connectivity index (χ0) is 16.7. The summed E-state index contributed by atoms with van der Waals surface area (Å²) in [7, 11) is 0. The molecule has 1 N–H and O–H groups in total. The third-order valence-electron chi connectivity index (χ3n) is 2.76. The molecule has 0 aromatic carbocycles. The number of thiocarbonyl (C=S) groups is 1. The zero-order valence-electron chi connectivity index (χ0n) is 13.4. The molecular weight excluding hydrogens is 318 g/mol. The number of pyridine rings is 1. The van der Waals surface area contributed by atoms with Crippen molar-refractivity contribution in [1.82, 2.24) is 0 Å². The van der Waals surface area contributed by atoms with Crippen LogP contribution in [0.4, 0.5) is 0 Å². The topological polar surface area (TPSA) is 50.4 Å². The fourth-order valence-corrected chi connectivity index (χ4v) is 3.24. The maximum absolute atomic E-state index is 11.6. The number of aromatic nitrogens is 1. The highest BCUT2D eigenvalue weighted by Crippen LogP contribution is 2.18. The monoisotopic (exact) mass is 340 g/mol. The molecule has 0 bridgehead atoms. The zero-order valence-corrected chi connectivity index (χ0v) is 15.0. The maximum Gasteiger partial charge on any atom is 0.313 e. The normalized spacial score (nSPS) is 11.8. The molecule has 120 valence electrons. The Morgan fingerprint density at radius 2 is 1.91 bits per heavy atom. The predicted molar refractivity (Wildman–Crippen MR) is 93.9 cm³/mol. The van der Waals surface area contributed by atoms with Crippen LogP contribution >= 0.6 is 24.0 Å². The summed E-state index contributed by atoms with van der Waals surface area (Å²) in [5.74, 6) is 0.256. The number of carbonyl (C=O) groups is 1. The summed E-state index contributed by atoms with van der Waals surface area (Å²) in [5.41, 5.74) is 2.57. The molecule has 0 saturated heterocycles. The van der Waals surface area contributed by atoms with E-state index in [0.717, 1.165) is 16.9 Å². The highest BCUT2D eigenvalue weighted by molar-refractivity contribution is 8.24. The third kappa shape index (κ3) is 5.42. The van der Waals surface area contributed by atoms with E-state index < -0.39 is 5.97 Å². The summed E-state index contributed by atoms with van der Waals surface area (Å²) in [5, 5.41) is 10.4. The van der Waals surface area contributed by atoms with Gasteiger partial charge < -0.3 is 9.84 Å². The summed E-state index contributed by atoms with van der Waals surface area (Å²) < 4.78 is 7.23. The number of aliphatic hydroxyl groups is 1. The smallest absolute Gasteiger partial charge is 0.313 e. The van der Waals surface area contributed by atoms with Crippen molar-refractivity contribution in [3.8, 4) is 0 Å². The highest BCUT2D eigenvalue weighted by Gasteiger charge is 2.25. The summed E-state index contributed by atoms with van der Waals surface area (Å²) in [6.07, 6.45) is 3.58. The Labute approximate surface area is 141 Å². The molecule has 22 heavy (non-hydrogen) atoms. The standard InChI is InChI=1S/C16H21NO3S2/c1-5-20-14(19)8-13(18)15(16(21)22-6-2)17-9-11(3)7-12(4)10-17/h7,9-10H,5-6,8H2,1-4H3/p+1. The molecule has 1 aromatic heterocycles. The Morgan fingerprint density at radius 3 is 2.41 bits per heavy atom. The Hall–Kier alpha value is -1.40. The molecule has 0 radical (unpaired) electrons. The minimum absolute atomic E-state index is 0.0700. The summed E-state index contributed by atoms with van der Waals surface area (Å²) >= 11 is 6.86. The van der Waals surface area contributed by atoms with Crippen LogP contribution in [0.5, 0.6) is 0 Å². The molecule has 6 heteroatoms. The van der Waals surface area contributed by atoms with E-state index in [0.29, 0.717) is 9.89 Å². The first-order valence-corrected chi connectivity index (χ1v) is 8.53. The van der Waals surface area contributed by atoms with Crippen LogP contribution in [0.25, 0.3) is 5.70 Å². The number of aliphatic hydroxyl groups excluding tert-OH is 1. The lowest BCUT2D eigenvalue weighted by Gasteiger charge is -2.08. The molecule has 0 aliphatic rings. The van der Waals surface area contributed by atoms with E-state index >= 15 is 0 Å². The SMILES string of the molecule is CCOC(=O)C/C(O)=C(/C(=S)SCC)[n+]1cc(C)cc(C)c1. The fraction of sp³-hybridized carbons (Fsp3) is 0.438. The van der Waals surface area contributed by atoms with E-state index in [1.807, 2.05) is 39.2 Å². The number of esters is 1. The molecule has 0 amide bonds. The number of nitrogens with zero attached hydrogens (tertiary/aromatic N) is 1. The van der Waals surface area contributed by atoms with Crippen molar-refractivity contribution in [1.29, 1.82) is 0 Å². The van der Waals surface area contributed by atoms with E-state index in [9.17, 15) is 9.90 Å². The molecule has 0 fully saturated rings. The third-order valence-corrected chi connectivity index (χ3v) is 4.05. The van der Waals surface area contributed by atoms with Gasteiger partial charge in [0.15, 0.2) is 18.2 Å². The molecule has 4 nitrogen and oxygen atoms in total. The van der Waals surface area contributed by atoms with Crippen molar-refractivity contribution < 1.29 is 19.2 Å². The molecule has 0 unspecified atom stereocenters. The minimum Gasteiger partial charge on any atom is -0.505 e. The van der Waals surface area contributed by atoms with Crippen LogP contribution < -0.4 is 4.57 Å². The van der Waals surface area contributed by atoms with Crippen LogP contribution in [0.15, 0.2) is 24.2 Å². The molecule has 1 rings (SSSR count). The molecule has 0 aliphatic heterocycles. The van der Waals surface area contributed by atoms with Gasteiger partial charge >= 0.3 is 5.97 Å². The van der Waals surface area contributed by atoms with Crippen molar-refractivity contribution in [2.75, 3.05) is 12.4 Å². The molecule has 0 spiro atoms. The van der Waals surface area contributed by atoms with Crippen LogP contribution in [-0.4, -0.2) is 27.6 Å². The predicted octanol–water partition coefficient (Wildman–Crippen LogP) is 3.35. The summed E-state index contributed by atoms with van der Waals surface area (Å²) in [4.78, 5) is 11.6. The van der Waals surface area contributed by atoms with Gasteiger partial charge in [0.25, 0.3) is 5.70 Å². The quantitative estimate of drug-likeness (QED) is 0.283. The number of thioether (sulfide) groups is 1. The first-order valence-electron chi connectivity index (χ1n) is 7.13. The van der Waals surface area contributed by atoms with Gasteiger partial charge in [-0.1, -0.05) is 19.1 Å². The number of hydrogen-bond acceptors (Lipinski definition) is 5. The van der Waals surface area contributed by atoms with Gasteiger partial charge in [-0.05, 0) is 32.6 Å². The van der Waals surface area contributed by atoms with Crippen molar-refractivity contribution in [2.24, 2.45) is 0 Å². The molecule has 1 heterocycles. The van der Waals surface area contributed by atoms with Crippen LogP contribution in [0.1, 0.15) is 31.4 Å². The van der Waals surface area contributed by atoms with Gasteiger partial charge in [0, 0.05) is 11.1 Å². The maximum atomic E-state index is 11.6. The Morgan fingerprint density at radius 1 is 1.32 bits per heavy atom. The van der Waals surface area contributed by atoms with Crippen molar-refractivity contribution >= 4 is 39.8 Å². The first-order chi connectivity index (χ1) is 10.4. The highest BCUT2D eigenvalue weighted by atomic mass is 32.2. The van der Waals surface area contributed by atoms with Gasteiger partial charge in [-0.3, -0.25) is 4.79 Å². The Bertz CT molecular complexity index is 577. The number of rotatable bonds is 6. The lowest BCUT2D eigenvalue weighted by atomic mass is 10.2. The second kappa shape index (κ2) is 8.90. The van der Waals surface area contributed by atoms with E-state index in [-0.39, 0.29) is 18.8 Å². The molecule has 0 saturated carbocycles. The number of carbonyl (C=O) groups excluding carboxylic acids is 1. The second-order valence-corrected chi connectivity index (χ2v) is 6.74. The van der Waals surface area contributed by atoms with Gasteiger partial charge in [0.2, 0.25) is 0 Å². The van der Waals surface area contributed by atoms with E-state index in [1.165, 1.54) is 11.8 Å². The van der Waals surface area contributed by atoms with Crippen LogP contribution in [0.2, 0.25) is 0 Å². The number of ether oxygens (including phenoxy) is 1. The molecular formula is C16H22NO3S2+. The first kappa shape index (κ1) is 18.6. The van der Waals surface area contributed by atoms with E-state index in [2.05, 4.69) is 0 Å². The van der Waals surface area contributed by atoms with Gasteiger partial charge in [0.1, 0.15) is 10.6 Å². The van der Waals surface area contributed by atoms with Gasteiger partial charge in [-0.25, -0.2) is 0 Å². The average Bonchev–Trinajstić information content (AvgIpc) is 2.37. The van der Waals surface area contributed by atoms with E-state index in [4.69, 9.17) is 17.0 Å². The van der Waals surface area contributed by atoms with Crippen molar-refractivity contribution in [3.05, 3.63) is 35.3 Å². The largest absolute Gasteiger partial charge is 0.505 e. The van der Waals surface area contributed by atoms with Gasteiger partial charge in [-0.15, -0.1) is 11.8 Å². The minimum atomic E-state index is -0.466. The van der Waals surface area contributed by atoms with Crippen LogP contribution in [0, 0.1) is 13.8 Å². The second-order valence-electron chi connectivity index (χ2n) is 4.80. The number of aryl methyl sites for hydroxylation is 2. The van der Waals surface area contributed by atoms with Crippen molar-refractivity contribution in [3.63, 3.8) is 0 Å². The van der Waals surface area contributed by atoms with E-state index in [1.54, 1.807) is 11.5 Å². The van der Waals surface area contributed by atoms with Gasteiger partial charge in [-0.2, -0.15) is 4.57 Å². The number of hydrogen-bond donors (Lipinski definition) is 1. The summed E-state index contributed by atoms with van der Waals surface area (Å²) in [6.45, 7) is 7.95. The Balaban J connectivity index is 3.28. The summed E-state index contributed by atoms with van der Waals surface area (Å²) in [6, 6.07) is 2.03. The Kier molecular flexibility index (Phi) is 7.55. The van der Waals surface area contributed by atoms with Gasteiger partial charge in [0.05, 0.1) is 6.61 Å². The van der Waals surface area contributed by atoms with Crippen LogP contribution in [0.3, 0.4) is 0 Å². The molecule has 1 aromatic rings. The van der Waals surface area contributed by atoms with Crippen molar-refractivity contribution in [2.45, 2.75) is 34.1 Å². The lowest BCUT2D eigenvalue weighted by Crippen LogP contribution is -2.37. The average molecular weight is 340 g/mol. The molecule has 0 atom stereocenters. The fourth-order valence-electron chi connectivity index (χ4n) is 2.04. The molecule has 0 aliphatic carbocycles.